The van der Waals surface area contributed by atoms with Crippen molar-refractivity contribution in [1.29, 1.82) is 5.26 Å². The summed E-state index contributed by atoms with van der Waals surface area (Å²) in [5.74, 6) is -1.43. The topological polar surface area (TPSA) is 131 Å². The molecule has 0 radical (unpaired) electrons. The highest BCUT2D eigenvalue weighted by Gasteiger charge is 2.40. The molecular weight excluding hydrogens is 234 g/mol. The molecule has 0 amide bonds. The van der Waals surface area contributed by atoms with Crippen LogP contribution in [-0.2, 0) is 0 Å². The highest BCUT2D eigenvalue weighted by Crippen LogP contribution is 2.29. The van der Waals surface area contributed by atoms with Crippen LogP contribution in [-0.4, -0.2) is 19.7 Å². The summed E-state index contributed by atoms with van der Waals surface area (Å²) in [6, 6.07) is 1.03. The predicted molar refractivity (Wildman–Crippen MR) is 40.7 cm³/mol. The van der Waals surface area contributed by atoms with Crippen LogP contribution in [0.2, 0.25) is 0 Å². The lowest BCUT2D eigenvalue weighted by Crippen LogP contribution is -2.19. The van der Waals surface area contributed by atoms with Gasteiger partial charge in [-0.1, -0.05) is 0 Å². The van der Waals surface area contributed by atoms with E-state index in [4.69, 9.17) is 5.26 Å². The smallest absolute Gasteiger partial charge is 0.358 e. The van der Waals surface area contributed by atoms with Crippen molar-refractivity contribution in [2.45, 2.75) is 0 Å². The molecular formula is C4F2N6O4. The van der Waals surface area contributed by atoms with Crippen molar-refractivity contribution >= 4 is 11.5 Å². The Labute approximate surface area is 84.0 Å². The van der Waals surface area contributed by atoms with Crippen molar-refractivity contribution in [3.63, 3.8) is 0 Å². The summed E-state index contributed by atoms with van der Waals surface area (Å²) < 4.78 is 24.1. The molecule has 1 rings (SSSR count). The number of hydrogen-bond donors (Lipinski definition) is 0. The van der Waals surface area contributed by atoms with Crippen LogP contribution in [0.15, 0.2) is 0 Å². The Bertz CT molecular complexity index is 503. The molecule has 10 nitrogen and oxygen atoms in total. The molecule has 0 saturated carbocycles. The number of rotatable bonds is 3. The maximum absolute atomic E-state index is 12.1. The maximum atomic E-state index is 12.1. The summed E-state index contributed by atoms with van der Waals surface area (Å²) in [4.78, 5) is 17.5. The Kier molecular flexibility index (Phi) is 2.62. The zero-order valence-corrected chi connectivity index (χ0v) is 7.07. The molecule has 0 fully saturated rings. The Morgan fingerprint density at radius 3 is 2.25 bits per heavy atom. The molecule has 0 aromatic carbocycles. The van der Waals surface area contributed by atoms with E-state index in [1.165, 1.54) is 0 Å². The summed E-state index contributed by atoms with van der Waals surface area (Å²) in [5.41, 5.74) is -4.40. The minimum absolute atomic E-state index is 0.531. The molecule has 0 aliphatic carbocycles. The molecule has 0 spiro atoms. The zero-order chi connectivity index (χ0) is 12.5. The third kappa shape index (κ3) is 1.56. The largest absolute Gasteiger partial charge is 0.471 e. The van der Waals surface area contributed by atoms with Gasteiger partial charge in [-0.15, -0.1) is 0 Å². The highest BCUT2D eigenvalue weighted by atomic mass is 19.4. The van der Waals surface area contributed by atoms with Gasteiger partial charge in [0.1, 0.15) is 6.07 Å². The molecule has 1 aromatic rings. The normalized spacial score (nSPS) is 9.56. The second-order valence-corrected chi connectivity index (χ2v) is 2.25. The highest BCUT2D eigenvalue weighted by molar-refractivity contribution is 5.56. The molecule has 84 valence electrons. The monoisotopic (exact) mass is 234 g/mol. The van der Waals surface area contributed by atoms with E-state index in [0.717, 1.165) is 6.07 Å². The van der Waals surface area contributed by atoms with Gasteiger partial charge < -0.3 is 10.1 Å². The van der Waals surface area contributed by atoms with Crippen LogP contribution >= 0.6 is 0 Å². The number of nitro groups is 2. The first-order valence-electron chi connectivity index (χ1n) is 3.34. The number of nitriles is 1. The zero-order valence-electron chi connectivity index (χ0n) is 7.07. The number of halogens is 2. The van der Waals surface area contributed by atoms with E-state index in [0.29, 0.717) is 0 Å². The lowest BCUT2D eigenvalue weighted by molar-refractivity contribution is -0.424. The van der Waals surface area contributed by atoms with Gasteiger partial charge in [-0.2, -0.15) is 5.26 Å². The molecule has 16 heavy (non-hydrogen) atoms. The fraction of sp³-hybridized carbons (Fsp3) is 0. The SMILES string of the molecule is N#Cc1c([N+](=O)[O-])c([N+](=O)[O-])nn1N(F)F. The van der Waals surface area contributed by atoms with Gasteiger partial charge >= 0.3 is 11.5 Å². The van der Waals surface area contributed by atoms with Crippen LogP contribution in [0.4, 0.5) is 20.5 Å². The van der Waals surface area contributed by atoms with Crippen molar-refractivity contribution in [3.05, 3.63) is 25.9 Å². The van der Waals surface area contributed by atoms with Gasteiger partial charge in [0.15, 0.2) is 0 Å². The lowest BCUT2D eigenvalue weighted by Gasteiger charge is -1.93. The molecule has 0 N–H and O–H groups in total. The van der Waals surface area contributed by atoms with Crippen molar-refractivity contribution in [2.75, 3.05) is 5.45 Å². The van der Waals surface area contributed by atoms with Crippen molar-refractivity contribution in [3.8, 4) is 6.07 Å². The van der Waals surface area contributed by atoms with E-state index < -0.39 is 37.3 Å². The Morgan fingerprint density at radius 1 is 1.38 bits per heavy atom. The maximum Gasteiger partial charge on any atom is 0.471 e. The molecule has 0 unspecified atom stereocenters. The quantitative estimate of drug-likeness (QED) is 0.416. The first kappa shape index (κ1) is 11.2. The summed E-state index contributed by atoms with van der Waals surface area (Å²) in [7, 11) is 0. The summed E-state index contributed by atoms with van der Waals surface area (Å²) in [5, 5.41) is 31.7. The van der Waals surface area contributed by atoms with Gasteiger partial charge in [0.2, 0.25) is 0 Å². The third-order valence-electron chi connectivity index (χ3n) is 1.43. The van der Waals surface area contributed by atoms with Gasteiger partial charge in [-0.05, 0) is 18.7 Å². The van der Waals surface area contributed by atoms with Gasteiger partial charge in [0.05, 0.1) is 15.5 Å². The van der Waals surface area contributed by atoms with Crippen LogP contribution in [0, 0.1) is 31.6 Å². The minimum atomic E-state index is -1.78. The fourth-order valence-corrected chi connectivity index (χ4v) is 0.886. The predicted octanol–water partition coefficient (Wildman–Crippen LogP) is 0.278. The first-order valence-corrected chi connectivity index (χ1v) is 3.34. The van der Waals surface area contributed by atoms with E-state index in [1.54, 1.807) is 0 Å². The third-order valence-corrected chi connectivity index (χ3v) is 1.43. The molecule has 1 aromatic heterocycles. The summed E-state index contributed by atoms with van der Waals surface area (Å²) in [6.45, 7) is 0. The van der Waals surface area contributed by atoms with E-state index in [-0.39, 0.29) is 0 Å². The molecule has 0 atom stereocenters. The first-order chi connectivity index (χ1) is 7.40. The van der Waals surface area contributed by atoms with Gasteiger partial charge in [-0.3, -0.25) is 10.1 Å². The Morgan fingerprint density at radius 2 is 1.94 bits per heavy atom. The fourth-order valence-electron chi connectivity index (χ4n) is 0.886. The standard InChI is InChI=1S/C4F2N6O4/c5-12(6)9-2(1-7)3(10(13)14)4(8-9)11(15)16. The summed E-state index contributed by atoms with van der Waals surface area (Å²) in [6.07, 6.45) is 0. The number of aromatic nitrogens is 2. The number of nitrogens with zero attached hydrogens (tertiary/aromatic N) is 6. The number of hydrogen-bond acceptors (Lipinski definition) is 7. The van der Waals surface area contributed by atoms with Crippen LogP contribution in [0.25, 0.3) is 0 Å². The van der Waals surface area contributed by atoms with Crippen LogP contribution < -0.4 is 5.45 Å². The van der Waals surface area contributed by atoms with Crippen LogP contribution in [0.5, 0.6) is 0 Å². The second-order valence-electron chi connectivity index (χ2n) is 2.25. The van der Waals surface area contributed by atoms with Crippen LogP contribution in [0.3, 0.4) is 0 Å². The minimum Gasteiger partial charge on any atom is -0.358 e. The van der Waals surface area contributed by atoms with Crippen molar-refractivity contribution in [1.82, 2.24) is 9.89 Å². The van der Waals surface area contributed by atoms with Gasteiger partial charge in [0.25, 0.3) is 5.69 Å². The average Bonchev–Trinajstić information content (AvgIpc) is 2.56. The Balaban J connectivity index is 3.61. The van der Waals surface area contributed by atoms with Crippen molar-refractivity contribution in [2.24, 2.45) is 0 Å². The van der Waals surface area contributed by atoms with Gasteiger partial charge in [-0.25, -0.2) is 0 Å². The van der Waals surface area contributed by atoms with E-state index >= 15 is 0 Å². The molecule has 0 aliphatic heterocycles. The molecule has 12 heteroatoms. The molecule has 0 aliphatic rings. The Hall–Kier alpha value is -2.84. The molecule has 0 bridgehead atoms. The van der Waals surface area contributed by atoms with E-state index in [9.17, 15) is 29.2 Å². The van der Waals surface area contributed by atoms with Gasteiger partial charge in [0, 0.05) is 0 Å². The van der Waals surface area contributed by atoms with Crippen LogP contribution in [0.1, 0.15) is 5.69 Å². The lowest BCUT2D eigenvalue weighted by atomic mass is 10.4. The summed E-state index contributed by atoms with van der Waals surface area (Å²) >= 11 is 0. The van der Waals surface area contributed by atoms with Crippen molar-refractivity contribution < 1.29 is 18.8 Å². The van der Waals surface area contributed by atoms with E-state index in [2.05, 4.69) is 5.10 Å². The molecule has 0 saturated heterocycles. The second kappa shape index (κ2) is 3.73. The van der Waals surface area contributed by atoms with E-state index in [1.807, 2.05) is 0 Å². The average molecular weight is 234 g/mol. The molecule has 1 heterocycles.